The molecule has 0 bridgehead atoms. The molecule has 4 heteroatoms. The molecule has 64 valence electrons. The van der Waals surface area contributed by atoms with E-state index in [1.165, 1.54) is 24.3 Å². The Morgan fingerprint density at radius 2 is 1.92 bits per heavy atom. The van der Waals surface area contributed by atoms with Crippen LogP contribution in [-0.2, 0) is 9.59 Å². The van der Waals surface area contributed by atoms with Crippen molar-refractivity contribution in [2.75, 3.05) is 5.75 Å². The van der Waals surface area contributed by atoms with Crippen molar-refractivity contribution < 1.29 is 9.59 Å². The summed E-state index contributed by atoms with van der Waals surface area (Å²) in [7, 11) is 0. The lowest BCUT2D eigenvalue weighted by atomic mass is 10.5. The monoisotopic (exact) mass is 183 g/mol. The number of allylic oxidation sites excluding steroid dienone is 1. The zero-order valence-corrected chi connectivity index (χ0v) is 7.26. The third-order valence-corrected chi connectivity index (χ3v) is 2.08. The number of hydrogen-bond acceptors (Lipinski definition) is 3. The van der Waals surface area contributed by atoms with E-state index in [4.69, 9.17) is 0 Å². The molecule has 0 aromatic carbocycles. The summed E-state index contributed by atoms with van der Waals surface area (Å²) >= 11 is 1.89. The summed E-state index contributed by atoms with van der Waals surface area (Å²) in [6.45, 7) is 0. The number of thioether (sulfide) groups is 1. The maximum atomic E-state index is 10.0. The zero-order chi connectivity index (χ0) is 8.81. The summed E-state index contributed by atoms with van der Waals surface area (Å²) < 4.78 is 0. The maximum Gasteiger partial charge on any atom is 0.250 e. The van der Waals surface area contributed by atoms with E-state index < -0.39 is 0 Å². The molecule has 0 fully saturated rings. The van der Waals surface area contributed by atoms with Crippen molar-refractivity contribution in [1.29, 1.82) is 0 Å². The lowest BCUT2D eigenvalue weighted by molar-refractivity contribution is -0.123. The summed E-state index contributed by atoms with van der Waals surface area (Å²) in [6.07, 6.45) is 5.88. The van der Waals surface area contributed by atoms with Gasteiger partial charge in [-0.15, -0.1) is 11.8 Å². The molecule has 2 amide bonds. The van der Waals surface area contributed by atoms with Crippen LogP contribution in [0.2, 0.25) is 0 Å². The Hall–Kier alpha value is -1.03. The van der Waals surface area contributed by atoms with Crippen LogP contribution in [0.5, 0.6) is 0 Å². The van der Waals surface area contributed by atoms with Crippen LogP contribution in [-0.4, -0.2) is 17.6 Å². The first-order chi connectivity index (χ1) is 5.79. The fourth-order valence-electron chi connectivity index (χ4n) is 0.696. The topological polar surface area (TPSA) is 46.2 Å². The number of amides is 2. The second-order valence-corrected chi connectivity index (χ2v) is 3.23. The van der Waals surface area contributed by atoms with Crippen LogP contribution in [0.25, 0.3) is 0 Å². The Labute approximate surface area is 74.9 Å². The van der Waals surface area contributed by atoms with Gasteiger partial charge in [-0.25, -0.2) is 0 Å². The average Bonchev–Trinajstić information content (AvgIpc) is 2.63. The van der Waals surface area contributed by atoms with Gasteiger partial charge in [0.2, 0.25) is 0 Å². The lowest BCUT2D eigenvalue weighted by Crippen LogP contribution is -2.19. The predicted molar refractivity (Wildman–Crippen MR) is 48.5 cm³/mol. The molecule has 0 radical (unpaired) electrons. The molecule has 0 aliphatic carbocycles. The van der Waals surface area contributed by atoms with Crippen LogP contribution in [0, 0.1) is 0 Å². The average molecular weight is 183 g/mol. The van der Waals surface area contributed by atoms with Gasteiger partial charge in [0.25, 0.3) is 11.8 Å². The molecule has 0 saturated carbocycles. The van der Waals surface area contributed by atoms with Crippen molar-refractivity contribution in [3.63, 3.8) is 0 Å². The van der Waals surface area contributed by atoms with E-state index in [1.807, 2.05) is 17.1 Å². The predicted octanol–water partition coefficient (Wildman–Crippen LogP) is 0.836. The van der Waals surface area contributed by atoms with Gasteiger partial charge < -0.3 is 0 Å². The molecular weight excluding hydrogens is 174 g/mol. The molecule has 2 aliphatic rings. The quantitative estimate of drug-likeness (QED) is 0.566. The molecule has 0 spiro atoms. The van der Waals surface area contributed by atoms with E-state index in [-0.39, 0.29) is 11.8 Å². The SMILES string of the molecule is C1=CSCC1.O=C1C=CC(=O)N1. The van der Waals surface area contributed by atoms with Gasteiger partial charge >= 0.3 is 0 Å². The van der Waals surface area contributed by atoms with Gasteiger partial charge in [-0.2, -0.15) is 0 Å². The first-order valence-corrected chi connectivity index (χ1v) is 4.63. The van der Waals surface area contributed by atoms with Crippen LogP contribution < -0.4 is 5.32 Å². The highest BCUT2D eigenvalue weighted by molar-refractivity contribution is 8.02. The van der Waals surface area contributed by atoms with Gasteiger partial charge in [0.1, 0.15) is 0 Å². The van der Waals surface area contributed by atoms with Gasteiger partial charge in [0, 0.05) is 17.9 Å². The highest BCUT2D eigenvalue weighted by Crippen LogP contribution is 2.11. The Morgan fingerprint density at radius 1 is 1.25 bits per heavy atom. The number of rotatable bonds is 0. The third-order valence-electron chi connectivity index (χ3n) is 1.23. The van der Waals surface area contributed by atoms with E-state index in [2.05, 4.69) is 11.5 Å². The molecule has 2 rings (SSSR count). The van der Waals surface area contributed by atoms with Crippen LogP contribution in [0.3, 0.4) is 0 Å². The number of nitrogens with one attached hydrogen (secondary N) is 1. The lowest BCUT2D eigenvalue weighted by Gasteiger charge is -1.80. The van der Waals surface area contributed by atoms with Gasteiger partial charge in [-0.1, -0.05) is 6.08 Å². The van der Waals surface area contributed by atoms with Crippen molar-refractivity contribution in [3.8, 4) is 0 Å². The molecule has 0 unspecified atom stereocenters. The summed E-state index contributed by atoms with van der Waals surface area (Å²) in [6, 6.07) is 0. The number of carbonyl (C=O) groups is 2. The molecule has 2 aliphatic heterocycles. The largest absolute Gasteiger partial charge is 0.289 e. The fraction of sp³-hybridized carbons (Fsp3) is 0.250. The first-order valence-electron chi connectivity index (χ1n) is 3.58. The molecule has 3 nitrogen and oxygen atoms in total. The molecule has 0 saturated heterocycles. The number of imide groups is 1. The van der Waals surface area contributed by atoms with E-state index in [1.54, 1.807) is 0 Å². The van der Waals surface area contributed by atoms with Crippen LogP contribution in [0.4, 0.5) is 0 Å². The van der Waals surface area contributed by atoms with E-state index >= 15 is 0 Å². The Morgan fingerprint density at radius 3 is 2.08 bits per heavy atom. The standard InChI is InChI=1S/C4H3NO2.C4H6S/c6-3-1-2-4(7)5-3;1-2-4-5-3-1/h1-2H,(H,5,6,7);1,3H,2,4H2. The molecule has 0 aromatic rings. The fourth-order valence-corrected chi connectivity index (χ4v) is 1.38. The van der Waals surface area contributed by atoms with Crippen molar-refractivity contribution >= 4 is 23.6 Å². The van der Waals surface area contributed by atoms with Crippen LogP contribution >= 0.6 is 11.8 Å². The smallest absolute Gasteiger partial charge is 0.250 e. The van der Waals surface area contributed by atoms with Crippen LogP contribution in [0.15, 0.2) is 23.6 Å². The van der Waals surface area contributed by atoms with E-state index in [0.717, 1.165) is 0 Å². The van der Waals surface area contributed by atoms with Gasteiger partial charge in [-0.3, -0.25) is 14.9 Å². The second-order valence-electron chi connectivity index (χ2n) is 2.22. The Balaban J connectivity index is 0.000000127. The highest BCUT2D eigenvalue weighted by atomic mass is 32.2. The summed E-state index contributed by atoms with van der Waals surface area (Å²) in [5.41, 5.74) is 0. The Kier molecular flexibility index (Phi) is 3.60. The molecule has 12 heavy (non-hydrogen) atoms. The number of hydrogen-bond donors (Lipinski definition) is 1. The normalized spacial score (nSPS) is 19.0. The van der Waals surface area contributed by atoms with Gasteiger partial charge in [-0.05, 0) is 11.8 Å². The third kappa shape index (κ3) is 3.39. The number of carbonyl (C=O) groups excluding carboxylic acids is 2. The first kappa shape index (κ1) is 9.06. The summed E-state index contributed by atoms with van der Waals surface area (Å²) in [5.74, 6) is 0.648. The summed E-state index contributed by atoms with van der Waals surface area (Å²) in [5, 5.41) is 4.18. The van der Waals surface area contributed by atoms with Crippen molar-refractivity contribution in [2.24, 2.45) is 0 Å². The minimum Gasteiger partial charge on any atom is -0.289 e. The molecule has 1 N–H and O–H groups in total. The van der Waals surface area contributed by atoms with Crippen LogP contribution in [0.1, 0.15) is 6.42 Å². The van der Waals surface area contributed by atoms with Crippen molar-refractivity contribution in [2.45, 2.75) is 6.42 Å². The van der Waals surface area contributed by atoms with Gasteiger partial charge in [0.05, 0.1) is 0 Å². The molecule has 0 aromatic heterocycles. The van der Waals surface area contributed by atoms with E-state index in [0.29, 0.717) is 0 Å². The maximum absolute atomic E-state index is 10.0. The van der Waals surface area contributed by atoms with Crippen molar-refractivity contribution in [1.82, 2.24) is 5.32 Å². The highest BCUT2D eigenvalue weighted by Gasteiger charge is 2.06. The second kappa shape index (κ2) is 4.77. The van der Waals surface area contributed by atoms with E-state index in [9.17, 15) is 9.59 Å². The minimum atomic E-state index is -0.329. The molecular formula is C8H9NO2S. The van der Waals surface area contributed by atoms with Crippen molar-refractivity contribution in [3.05, 3.63) is 23.6 Å². The summed E-state index contributed by atoms with van der Waals surface area (Å²) in [4.78, 5) is 20.1. The minimum absolute atomic E-state index is 0.329. The molecule has 0 atom stereocenters. The Bertz CT molecular complexity index is 223. The van der Waals surface area contributed by atoms with Gasteiger partial charge in [0.15, 0.2) is 0 Å². The molecule has 2 heterocycles. The zero-order valence-electron chi connectivity index (χ0n) is 6.45.